The van der Waals surface area contributed by atoms with E-state index in [-0.39, 0.29) is 17.9 Å². The molecule has 1 aliphatic rings. The lowest BCUT2D eigenvalue weighted by atomic mass is 9.90. The van der Waals surface area contributed by atoms with E-state index >= 15 is 0 Å². The Bertz CT molecular complexity index is 590. The van der Waals surface area contributed by atoms with E-state index in [2.05, 4.69) is 40.6 Å². The van der Waals surface area contributed by atoms with Crippen LogP contribution in [-0.2, 0) is 11.2 Å². The van der Waals surface area contributed by atoms with Crippen molar-refractivity contribution in [1.82, 2.24) is 10.2 Å². The van der Waals surface area contributed by atoms with Crippen molar-refractivity contribution < 1.29 is 4.79 Å². The summed E-state index contributed by atoms with van der Waals surface area (Å²) in [7, 11) is 1.98. The molecule has 0 saturated carbocycles. The lowest BCUT2D eigenvalue weighted by Gasteiger charge is -2.30. The topological polar surface area (TPSA) is 56.1 Å². The molecule has 2 atom stereocenters. The molecule has 0 saturated heterocycles. The van der Waals surface area contributed by atoms with E-state index in [4.69, 9.17) is 0 Å². The highest BCUT2D eigenvalue weighted by molar-refractivity contribution is 5.79. The fraction of sp³-hybridized carbons (Fsp3) is 0.556. The molecule has 0 heterocycles. The van der Waals surface area contributed by atoms with Crippen molar-refractivity contribution in [3.63, 3.8) is 0 Å². The molecule has 22 heavy (non-hydrogen) atoms. The molecule has 0 radical (unpaired) electrons. The van der Waals surface area contributed by atoms with Gasteiger partial charge in [-0.25, -0.2) is 0 Å². The number of benzene rings is 1. The lowest BCUT2D eigenvalue weighted by molar-refractivity contribution is -0.124. The second kappa shape index (κ2) is 6.50. The van der Waals surface area contributed by atoms with Crippen LogP contribution in [0.15, 0.2) is 24.3 Å². The predicted octanol–water partition coefficient (Wildman–Crippen LogP) is 2.66. The van der Waals surface area contributed by atoms with Crippen LogP contribution >= 0.6 is 0 Å². The van der Waals surface area contributed by atoms with Crippen molar-refractivity contribution in [2.45, 2.75) is 45.2 Å². The van der Waals surface area contributed by atoms with Gasteiger partial charge in [0.1, 0.15) is 5.54 Å². The van der Waals surface area contributed by atoms with Crippen molar-refractivity contribution in [2.24, 2.45) is 5.92 Å². The van der Waals surface area contributed by atoms with Crippen molar-refractivity contribution >= 4 is 5.91 Å². The number of carbonyl (C=O) groups excluding carboxylic acids is 1. The monoisotopic (exact) mass is 299 g/mol. The number of carbonyl (C=O) groups is 1. The fourth-order valence-electron chi connectivity index (χ4n) is 2.96. The first-order chi connectivity index (χ1) is 10.4. The summed E-state index contributed by atoms with van der Waals surface area (Å²) in [6.07, 6.45) is 2.11. The number of hydrogen-bond donors (Lipinski definition) is 1. The van der Waals surface area contributed by atoms with Crippen LogP contribution in [0.5, 0.6) is 0 Å². The van der Waals surface area contributed by atoms with Crippen LogP contribution < -0.4 is 5.32 Å². The van der Waals surface area contributed by atoms with Gasteiger partial charge < -0.3 is 5.32 Å². The summed E-state index contributed by atoms with van der Waals surface area (Å²) in [4.78, 5) is 14.4. The molecule has 4 heteroatoms. The van der Waals surface area contributed by atoms with E-state index in [1.54, 1.807) is 6.92 Å². The van der Waals surface area contributed by atoms with Crippen LogP contribution in [0.25, 0.3) is 0 Å². The number of nitriles is 1. The van der Waals surface area contributed by atoms with Gasteiger partial charge in [-0.2, -0.15) is 5.26 Å². The number of aryl methyl sites for hydroxylation is 1. The van der Waals surface area contributed by atoms with Gasteiger partial charge in [-0.3, -0.25) is 9.69 Å². The normalized spacial score (nSPS) is 19.6. The summed E-state index contributed by atoms with van der Waals surface area (Å²) < 4.78 is 0. The van der Waals surface area contributed by atoms with E-state index < -0.39 is 5.54 Å². The third-order valence-corrected chi connectivity index (χ3v) is 4.81. The number of nitrogens with zero attached hydrogens (tertiary/aromatic N) is 2. The molecule has 0 fully saturated rings. The molecule has 0 unspecified atom stereocenters. The summed E-state index contributed by atoms with van der Waals surface area (Å²) in [5.41, 5.74) is 1.89. The Kier molecular flexibility index (Phi) is 4.87. The van der Waals surface area contributed by atoms with Gasteiger partial charge >= 0.3 is 0 Å². The highest BCUT2D eigenvalue weighted by Crippen LogP contribution is 2.34. The van der Waals surface area contributed by atoms with Gasteiger partial charge in [0.2, 0.25) is 5.91 Å². The first-order valence-electron chi connectivity index (χ1n) is 7.87. The molecule has 2 rings (SSSR count). The number of amides is 1. The molecule has 118 valence electrons. The van der Waals surface area contributed by atoms with Crippen molar-refractivity contribution in [3.8, 4) is 6.07 Å². The Hall–Kier alpha value is -1.86. The van der Waals surface area contributed by atoms with Gasteiger partial charge in [0.25, 0.3) is 0 Å². The van der Waals surface area contributed by atoms with Crippen LogP contribution in [0.3, 0.4) is 0 Å². The van der Waals surface area contributed by atoms with Gasteiger partial charge in [-0.15, -0.1) is 0 Å². The smallest absolute Gasteiger partial charge is 0.235 e. The third kappa shape index (κ3) is 3.31. The van der Waals surface area contributed by atoms with Gasteiger partial charge in [0.05, 0.1) is 12.6 Å². The number of rotatable bonds is 5. The van der Waals surface area contributed by atoms with Crippen LogP contribution in [0.1, 0.15) is 44.4 Å². The maximum atomic E-state index is 12.3. The Morgan fingerprint density at radius 1 is 1.50 bits per heavy atom. The van der Waals surface area contributed by atoms with Gasteiger partial charge in [0, 0.05) is 6.04 Å². The maximum Gasteiger partial charge on any atom is 0.235 e. The second-order valence-corrected chi connectivity index (χ2v) is 6.69. The molecule has 1 aliphatic carbocycles. The van der Waals surface area contributed by atoms with Crippen molar-refractivity contribution in [2.75, 3.05) is 13.6 Å². The largest absolute Gasteiger partial charge is 0.337 e. The first kappa shape index (κ1) is 16.5. The van der Waals surface area contributed by atoms with E-state index in [1.807, 2.05) is 20.9 Å². The number of likely N-dealkylation sites (N-methyl/N-ethyl adjacent to an activating group) is 1. The molecule has 1 N–H and O–H groups in total. The van der Waals surface area contributed by atoms with Crippen LogP contribution in [0.4, 0.5) is 0 Å². The van der Waals surface area contributed by atoms with Gasteiger partial charge in [-0.05, 0) is 43.9 Å². The van der Waals surface area contributed by atoms with Crippen LogP contribution in [0, 0.1) is 17.2 Å². The Morgan fingerprint density at radius 3 is 2.82 bits per heavy atom. The minimum Gasteiger partial charge on any atom is -0.337 e. The summed E-state index contributed by atoms with van der Waals surface area (Å²) in [5.74, 6) is -0.0245. The molecule has 1 amide bonds. The second-order valence-electron chi connectivity index (χ2n) is 6.69. The average Bonchev–Trinajstić information content (AvgIpc) is 2.90. The lowest BCUT2D eigenvalue weighted by Crippen LogP contribution is -2.51. The zero-order chi connectivity index (χ0) is 16.3. The van der Waals surface area contributed by atoms with Gasteiger partial charge in [-0.1, -0.05) is 38.1 Å². The highest BCUT2D eigenvalue weighted by Gasteiger charge is 2.32. The number of hydrogen-bond acceptors (Lipinski definition) is 3. The fourth-order valence-corrected chi connectivity index (χ4v) is 2.96. The quantitative estimate of drug-likeness (QED) is 0.909. The van der Waals surface area contributed by atoms with Crippen LogP contribution in [-0.4, -0.2) is 29.9 Å². The summed E-state index contributed by atoms with van der Waals surface area (Å²) in [6, 6.07) is 10.9. The predicted molar refractivity (Wildman–Crippen MR) is 87.1 cm³/mol. The Labute approximate surface area is 133 Å². The summed E-state index contributed by atoms with van der Waals surface area (Å²) >= 11 is 0. The molecule has 4 nitrogen and oxygen atoms in total. The number of fused-ring (bicyclic) bond motifs is 1. The van der Waals surface area contributed by atoms with E-state index in [0.717, 1.165) is 12.8 Å². The minimum absolute atomic E-state index is 0.0685. The molecule has 1 aromatic carbocycles. The van der Waals surface area contributed by atoms with Crippen LogP contribution in [0.2, 0.25) is 0 Å². The van der Waals surface area contributed by atoms with E-state index in [0.29, 0.717) is 6.54 Å². The maximum absolute atomic E-state index is 12.3. The zero-order valence-electron chi connectivity index (χ0n) is 13.9. The molecule has 0 aromatic heterocycles. The van der Waals surface area contributed by atoms with E-state index in [9.17, 15) is 10.1 Å². The van der Waals surface area contributed by atoms with Gasteiger partial charge in [0.15, 0.2) is 0 Å². The molecule has 1 aromatic rings. The number of nitrogens with one attached hydrogen (secondary N) is 1. The Balaban J connectivity index is 2.00. The highest BCUT2D eigenvalue weighted by atomic mass is 16.2. The molecular formula is C18H25N3O. The zero-order valence-corrected chi connectivity index (χ0v) is 13.9. The molecule has 0 aliphatic heterocycles. The third-order valence-electron chi connectivity index (χ3n) is 4.81. The average molecular weight is 299 g/mol. The molecular weight excluding hydrogens is 274 g/mol. The summed E-state index contributed by atoms with van der Waals surface area (Å²) in [5, 5.41) is 12.2. The molecule has 0 bridgehead atoms. The minimum atomic E-state index is -0.814. The Morgan fingerprint density at radius 2 is 2.18 bits per heavy atom. The SMILES string of the molecule is CC(C)[C@](C)(C#N)NC(=O)CN(C)[C@H]1CCc2ccccc21. The first-order valence-corrected chi connectivity index (χ1v) is 7.87. The molecule has 0 spiro atoms. The van der Waals surface area contributed by atoms with Crippen molar-refractivity contribution in [1.29, 1.82) is 5.26 Å². The summed E-state index contributed by atoms with van der Waals surface area (Å²) in [6.45, 7) is 5.98. The standard InChI is InChI=1S/C18H25N3O/c1-13(2)18(3,12-19)20-17(22)11-21(4)16-10-9-14-7-5-6-8-15(14)16/h5-8,13,16H,9-11H2,1-4H3,(H,20,22)/t16-,18-/m0/s1. The van der Waals surface area contributed by atoms with E-state index in [1.165, 1.54) is 11.1 Å². The van der Waals surface area contributed by atoms with Crippen molar-refractivity contribution in [3.05, 3.63) is 35.4 Å².